The van der Waals surface area contributed by atoms with E-state index < -0.39 is 0 Å². The van der Waals surface area contributed by atoms with E-state index in [1.54, 1.807) is 0 Å². The largest absolute Gasteiger partial charge is 0.299 e. The van der Waals surface area contributed by atoms with Crippen molar-refractivity contribution >= 4 is 5.78 Å². The minimum absolute atomic E-state index is 0.356. The minimum Gasteiger partial charge on any atom is -0.299 e. The number of hydrogen-bond donors (Lipinski definition) is 0. The Morgan fingerprint density at radius 1 is 1.18 bits per heavy atom. The fraction of sp³-hybridized carbons (Fsp3) is 0.700. The molecule has 0 unspecified atom stereocenters. The predicted octanol–water partition coefficient (Wildman–Crippen LogP) is 2.32. The topological polar surface area (TPSA) is 17.1 Å². The number of rotatable bonds is 0. The first-order chi connectivity index (χ1) is 5.27. The summed E-state index contributed by atoms with van der Waals surface area (Å²) in [6.07, 6.45) is 5.46. The van der Waals surface area contributed by atoms with Crippen LogP contribution in [0, 0.1) is 11.8 Å². The normalized spacial score (nSPS) is 37.5. The van der Waals surface area contributed by atoms with Crippen LogP contribution in [-0.4, -0.2) is 5.78 Å². The van der Waals surface area contributed by atoms with E-state index in [1.165, 1.54) is 12.0 Å². The third-order valence-electron chi connectivity index (χ3n) is 2.98. The highest BCUT2D eigenvalue weighted by Crippen LogP contribution is 2.38. The van der Waals surface area contributed by atoms with Crippen LogP contribution >= 0.6 is 0 Å². The Balaban J connectivity index is 2.19. The molecule has 0 amide bonds. The molecule has 0 heterocycles. The van der Waals surface area contributed by atoms with E-state index in [2.05, 4.69) is 6.58 Å². The summed E-state index contributed by atoms with van der Waals surface area (Å²) in [5.74, 6) is 1.24. The van der Waals surface area contributed by atoms with E-state index in [1.807, 2.05) is 0 Å². The molecular weight excluding hydrogens is 136 g/mol. The van der Waals surface area contributed by atoms with Gasteiger partial charge in [0.15, 0.2) is 0 Å². The van der Waals surface area contributed by atoms with Crippen molar-refractivity contribution in [1.29, 1.82) is 0 Å². The van der Waals surface area contributed by atoms with Crippen molar-refractivity contribution in [3.8, 4) is 0 Å². The molecule has 2 rings (SSSR count). The van der Waals surface area contributed by atoms with Crippen LogP contribution in [0.4, 0.5) is 0 Å². The summed E-state index contributed by atoms with van der Waals surface area (Å²) in [5.41, 5.74) is 1.30. The first-order valence-electron chi connectivity index (χ1n) is 4.48. The van der Waals surface area contributed by atoms with Gasteiger partial charge in [0.05, 0.1) is 0 Å². The Bertz CT molecular complexity index is 187. The molecule has 2 aliphatic rings. The maximum Gasteiger partial charge on any atom is 0.139 e. The number of carbonyl (C=O) groups is 1. The van der Waals surface area contributed by atoms with Gasteiger partial charge in [-0.3, -0.25) is 4.79 Å². The molecule has 0 spiro atoms. The summed E-state index contributed by atoms with van der Waals surface area (Å²) in [7, 11) is 0. The molecule has 0 aromatic rings. The van der Waals surface area contributed by atoms with Crippen LogP contribution in [0.1, 0.15) is 32.1 Å². The zero-order chi connectivity index (χ0) is 7.84. The molecule has 2 saturated carbocycles. The highest BCUT2D eigenvalue weighted by atomic mass is 16.1. The van der Waals surface area contributed by atoms with Crippen LogP contribution in [0.2, 0.25) is 0 Å². The molecule has 0 aromatic carbocycles. The maximum absolute atomic E-state index is 11.5. The van der Waals surface area contributed by atoms with Gasteiger partial charge in [-0.1, -0.05) is 18.6 Å². The number of ketones is 1. The van der Waals surface area contributed by atoms with Crippen molar-refractivity contribution < 1.29 is 4.79 Å². The lowest BCUT2D eigenvalue weighted by atomic mass is 9.70. The number of hydrogen-bond acceptors (Lipinski definition) is 1. The van der Waals surface area contributed by atoms with Crippen LogP contribution in [0.5, 0.6) is 0 Å². The van der Waals surface area contributed by atoms with E-state index in [4.69, 9.17) is 0 Å². The van der Waals surface area contributed by atoms with Crippen molar-refractivity contribution in [1.82, 2.24) is 0 Å². The molecule has 0 aromatic heterocycles. The molecular formula is C10H14O. The third kappa shape index (κ3) is 1.13. The summed E-state index contributed by atoms with van der Waals surface area (Å²) in [6, 6.07) is 0. The molecule has 0 aliphatic heterocycles. The molecule has 1 nitrogen and oxygen atoms in total. The minimum atomic E-state index is 0.356. The Labute approximate surface area is 67.5 Å². The number of Topliss-reactive ketones (excluding diaryl/α,β-unsaturated/α-hetero) is 1. The lowest BCUT2D eigenvalue weighted by molar-refractivity contribution is -0.130. The second-order valence-electron chi connectivity index (χ2n) is 3.89. The summed E-state index contributed by atoms with van der Waals surface area (Å²) in [6.45, 7) is 3.98. The number of allylic oxidation sites excluding steroid dienone is 1. The number of carbonyl (C=O) groups excluding carboxylic acids is 1. The smallest absolute Gasteiger partial charge is 0.139 e. The van der Waals surface area contributed by atoms with E-state index in [0.29, 0.717) is 17.6 Å². The Kier molecular flexibility index (Phi) is 1.59. The molecule has 0 radical (unpaired) electrons. The van der Waals surface area contributed by atoms with Gasteiger partial charge >= 0.3 is 0 Å². The molecule has 2 aliphatic carbocycles. The average Bonchev–Trinajstić information content (AvgIpc) is 1.92. The standard InChI is InChI=1S/C10H14O/c1-7-5-8-3-2-4-9(6-7)10(8)11/h8-9H,1-6H2/t8-,9+. The van der Waals surface area contributed by atoms with Crippen molar-refractivity contribution in [3.05, 3.63) is 12.2 Å². The zero-order valence-electron chi connectivity index (χ0n) is 6.81. The third-order valence-corrected chi connectivity index (χ3v) is 2.98. The van der Waals surface area contributed by atoms with Gasteiger partial charge in [-0.05, 0) is 25.7 Å². The Hall–Kier alpha value is -0.590. The molecule has 2 fully saturated rings. The van der Waals surface area contributed by atoms with Crippen molar-refractivity contribution in [2.45, 2.75) is 32.1 Å². The molecule has 60 valence electrons. The lowest BCUT2D eigenvalue weighted by Gasteiger charge is -2.33. The van der Waals surface area contributed by atoms with Crippen molar-refractivity contribution in [3.63, 3.8) is 0 Å². The Morgan fingerprint density at radius 2 is 1.73 bits per heavy atom. The first-order valence-corrected chi connectivity index (χ1v) is 4.48. The van der Waals surface area contributed by atoms with Crippen molar-refractivity contribution in [2.75, 3.05) is 0 Å². The maximum atomic E-state index is 11.5. The molecule has 11 heavy (non-hydrogen) atoms. The van der Waals surface area contributed by atoms with Gasteiger partial charge in [-0.15, -0.1) is 0 Å². The predicted molar refractivity (Wildman–Crippen MR) is 44.2 cm³/mol. The highest BCUT2D eigenvalue weighted by molar-refractivity contribution is 5.85. The van der Waals surface area contributed by atoms with E-state index in [9.17, 15) is 4.79 Å². The number of fused-ring (bicyclic) bond motifs is 2. The van der Waals surface area contributed by atoms with Crippen LogP contribution < -0.4 is 0 Å². The van der Waals surface area contributed by atoms with Gasteiger partial charge in [0.2, 0.25) is 0 Å². The van der Waals surface area contributed by atoms with Crippen molar-refractivity contribution in [2.24, 2.45) is 11.8 Å². The molecule has 0 N–H and O–H groups in total. The fourth-order valence-corrected chi connectivity index (χ4v) is 2.41. The van der Waals surface area contributed by atoms with Crippen LogP contribution in [0.25, 0.3) is 0 Å². The average molecular weight is 150 g/mol. The molecule has 1 heteroatoms. The molecule has 2 atom stereocenters. The van der Waals surface area contributed by atoms with E-state index >= 15 is 0 Å². The van der Waals surface area contributed by atoms with Gasteiger partial charge in [-0.25, -0.2) is 0 Å². The SMILES string of the molecule is C=C1C[C@H]2CCC[C@@H](C1)C2=O. The van der Waals surface area contributed by atoms with Crippen LogP contribution in [0.15, 0.2) is 12.2 Å². The summed E-state index contributed by atoms with van der Waals surface area (Å²) in [4.78, 5) is 11.5. The second-order valence-corrected chi connectivity index (χ2v) is 3.89. The second kappa shape index (κ2) is 2.47. The lowest BCUT2D eigenvalue weighted by Crippen LogP contribution is -2.33. The Morgan fingerprint density at radius 3 is 2.27 bits per heavy atom. The van der Waals surface area contributed by atoms with E-state index in [-0.39, 0.29) is 0 Å². The quantitative estimate of drug-likeness (QED) is 0.484. The van der Waals surface area contributed by atoms with Gasteiger partial charge in [0.1, 0.15) is 5.78 Å². The molecule has 0 saturated heterocycles. The van der Waals surface area contributed by atoms with E-state index in [0.717, 1.165) is 25.7 Å². The first kappa shape index (κ1) is 7.08. The van der Waals surface area contributed by atoms with Gasteiger partial charge < -0.3 is 0 Å². The van der Waals surface area contributed by atoms with Crippen LogP contribution in [-0.2, 0) is 4.79 Å². The van der Waals surface area contributed by atoms with Crippen LogP contribution in [0.3, 0.4) is 0 Å². The van der Waals surface area contributed by atoms with Gasteiger partial charge in [0, 0.05) is 11.8 Å². The fourth-order valence-electron chi connectivity index (χ4n) is 2.41. The monoisotopic (exact) mass is 150 g/mol. The highest BCUT2D eigenvalue weighted by Gasteiger charge is 2.35. The van der Waals surface area contributed by atoms with Gasteiger partial charge in [0.25, 0.3) is 0 Å². The summed E-state index contributed by atoms with van der Waals surface area (Å²) < 4.78 is 0. The molecule has 2 bridgehead atoms. The zero-order valence-corrected chi connectivity index (χ0v) is 6.81. The summed E-state index contributed by atoms with van der Waals surface area (Å²) >= 11 is 0. The summed E-state index contributed by atoms with van der Waals surface area (Å²) in [5, 5.41) is 0. The van der Waals surface area contributed by atoms with Gasteiger partial charge in [-0.2, -0.15) is 0 Å².